The van der Waals surface area contributed by atoms with Crippen LogP contribution in [0, 0.1) is 0 Å². The maximum Gasteiger partial charge on any atom is 0.250 e. The van der Waals surface area contributed by atoms with E-state index in [1.54, 1.807) is 11.4 Å². The Morgan fingerprint density at radius 1 is 1.41 bits per heavy atom. The molecular weight excluding hydrogens is 346 g/mol. The Labute approximate surface area is 142 Å². The number of carbonyl (C=O) groups excluding carboxylic acids is 1. The standard InChI is InChI=1S/C13H23N3O3S2.ClH/c1-4-13(5-2,9-14)15-12(17)10(3)16-21(18,19)11-7-6-8-20-11;/h6-8,10,16H,4-5,9,14H2,1-3H3,(H,15,17);1H. The molecule has 128 valence electrons. The fourth-order valence-electron chi connectivity index (χ4n) is 1.90. The number of hydrogen-bond donors (Lipinski definition) is 3. The van der Waals surface area contributed by atoms with E-state index in [1.807, 2.05) is 13.8 Å². The number of sulfonamides is 1. The Hall–Kier alpha value is -0.670. The van der Waals surface area contributed by atoms with Gasteiger partial charge in [-0.2, -0.15) is 4.72 Å². The van der Waals surface area contributed by atoms with Crippen LogP contribution >= 0.6 is 23.7 Å². The minimum atomic E-state index is -3.66. The van der Waals surface area contributed by atoms with Crippen molar-refractivity contribution >= 4 is 39.7 Å². The number of rotatable bonds is 8. The van der Waals surface area contributed by atoms with E-state index >= 15 is 0 Å². The Balaban J connectivity index is 0.00000441. The molecule has 0 aliphatic heterocycles. The first-order chi connectivity index (χ1) is 9.80. The van der Waals surface area contributed by atoms with E-state index in [4.69, 9.17) is 5.73 Å². The predicted molar refractivity (Wildman–Crippen MR) is 91.9 cm³/mol. The monoisotopic (exact) mass is 369 g/mol. The van der Waals surface area contributed by atoms with Gasteiger partial charge in [-0.1, -0.05) is 19.9 Å². The van der Waals surface area contributed by atoms with Crippen LogP contribution in [-0.2, 0) is 14.8 Å². The molecule has 0 aromatic carbocycles. The van der Waals surface area contributed by atoms with Crippen LogP contribution in [0.2, 0.25) is 0 Å². The Kier molecular flexibility index (Phi) is 8.56. The molecular formula is C13H24ClN3O3S2. The molecule has 0 aliphatic rings. The molecule has 6 nitrogen and oxygen atoms in total. The lowest BCUT2D eigenvalue weighted by Gasteiger charge is -2.32. The second kappa shape index (κ2) is 8.83. The van der Waals surface area contributed by atoms with Crippen LogP contribution in [0.15, 0.2) is 21.7 Å². The van der Waals surface area contributed by atoms with Gasteiger partial charge in [0.25, 0.3) is 10.0 Å². The highest BCUT2D eigenvalue weighted by molar-refractivity contribution is 7.91. The molecule has 0 saturated carbocycles. The minimum absolute atomic E-state index is 0. The third-order valence-corrected chi connectivity index (χ3v) is 6.56. The van der Waals surface area contributed by atoms with Crippen molar-refractivity contribution in [1.29, 1.82) is 0 Å². The topological polar surface area (TPSA) is 101 Å². The van der Waals surface area contributed by atoms with Crippen LogP contribution in [0.1, 0.15) is 33.6 Å². The number of carbonyl (C=O) groups is 1. The molecule has 22 heavy (non-hydrogen) atoms. The average molecular weight is 370 g/mol. The van der Waals surface area contributed by atoms with Crippen LogP contribution in [0.3, 0.4) is 0 Å². The zero-order chi connectivity index (χ0) is 16.1. The first-order valence-electron chi connectivity index (χ1n) is 6.88. The highest BCUT2D eigenvalue weighted by atomic mass is 35.5. The van der Waals surface area contributed by atoms with Crippen molar-refractivity contribution in [3.05, 3.63) is 17.5 Å². The van der Waals surface area contributed by atoms with Gasteiger partial charge in [-0.15, -0.1) is 23.7 Å². The van der Waals surface area contributed by atoms with Gasteiger partial charge in [-0.05, 0) is 31.2 Å². The molecule has 0 fully saturated rings. The molecule has 0 bridgehead atoms. The van der Waals surface area contributed by atoms with Gasteiger partial charge in [-0.25, -0.2) is 8.42 Å². The fourth-order valence-corrected chi connectivity index (χ4v) is 4.11. The van der Waals surface area contributed by atoms with Crippen LogP contribution < -0.4 is 15.8 Å². The highest BCUT2D eigenvalue weighted by Crippen LogP contribution is 2.17. The molecule has 1 heterocycles. The van der Waals surface area contributed by atoms with E-state index in [0.717, 1.165) is 11.3 Å². The summed E-state index contributed by atoms with van der Waals surface area (Å²) in [6.07, 6.45) is 1.38. The molecule has 0 aliphatic carbocycles. The Morgan fingerprint density at radius 2 is 2.00 bits per heavy atom. The van der Waals surface area contributed by atoms with Crippen molar-refractivity contribution in [2.75, 3.05) is 6.54 Å². The van der Waals surface area contributed by atoms with Crippen molar-refractivity contribution in [2.45, 2.75) is 49.4 Å². The molecule has 0 radical (unpaired) electrons. The molecule has 9 heteroatoms. The quantitative estimate of drug-likeness (QED) is 0.645. The Bertz CT molecular complexity index is 549. The van der Waals surface area contributed by atoms with Crippen molar-refractivity contribution < 1.29 is 13.2 Å². The third kappa shape index (κ3) is 5.20. The van der Waals surface area contributed by atoms with Crippen molar-refractivity contribution in [3.8, 4) is 0 Å². The van der Waals surface area contributed by atoms with Crippen LogP contribution in [0.4, 0.5) is 0 Å². The lowest BCUT2D eigenvalue weighted by atomic mass is 9.92. The number of thiophene rings is 1. The molecule has 1 unspecified atom stereocenters. The molecule has 1 amide bonds. The zero-order valence-electron chi connectivity index (χ0n) is 13.0. The second-order valence-electron chi connectivity index (χ2n) is 4.96. The van der Waals surface area contributed by atoms with E-state index < -0.39 is 21.6 Å². The smallest absolute Gasteiger partial charge is 0.250 e. The summed E-state index contributed by atoms with van der Waals surface area (Å²) in [7, 11) is -3.66. The SMILES string of the molecule is CCC(CC)(CN)NC(=O)C(C)NS(=O)(=O)c1cccs1.Cl. The van der Waals surface area contributed by atoms with Gasteiger partial charge >= 0.3 is 0 Å². The van der Waals surface area contributed by atoms with E-state index in [-0.39, 0.29) is 22.5 Å². The predicted octanol–water partition coefficient (Wildman–Crippen LogP) is 1.47. The minimum Gasteiger partial charge on any atom is -0.348 e. The van der Waals surface area contributed by atoms with E-state index in [1.165, 1.54) is 13.0 Å². The van der Waals surface area contributed by atoms with Gasteiger partial charge < -0.3 is 11.1 Å². The molecule has 1 rings (SSSR count). The zero-order valence-corrected chi connectivity index (χ0v) is 15.4. The number of hydrogen-bond acceptors (Lipinski definition) is 5. The summed E-state index contributed by atoms with van der Waals surface area (Å²) in [5.41, 5.74) is 5.24. The summed E-state index contributed by atoms with van der Waals surface area (Å²) >= 11 is 1.11. The summed E-state index contributed by atoms with van der Waals surface area (Å²) in [5, 5.41) is 4.53. The van der Waals surface area contributed by atoms with Crippen molar-refractivity contribution in [1.82, 2.24) is 10.0 Å². The van der Waals surface area contributed by atoms with Crippen LogP contribution in [0.5, 0.6) is 0 Å². The van der Waals surface area contributed by atoms with Gasteiger partial charge in [-0.3, -0.25) is 4.79 Å². The van der Waals surface area contributed by atoms with Gasteiger partial charge in [0, 0.05) is 6.54 Å². The van der Waals surface area contributed by atoms with E-state index in [2.05, 4.69) is 10.0 Å². The maximum absolute atomic E-state index is 12.2. The van der Waals surface area contributed by atoms with Crippen molar-refractivity contribution in [3.63, 3.8) is 0 Å². The third-order valence-electron chi connectivity index (χ3n) is 3.62. The fraction of sp³-hybridized carbons (Fsp3) is 0.615. The molecule has 0 spiro atoms. The summed E-state index contributed by atoms with van der Waals surface area (Å²) in [5.74, 6) is -0.371. The number of nitrogens with two attached hydrogens (primary N) is 1. The summed E-state index contributed by atoms with van der Waals surface area (Å²) < 4.78 is 26.7. The molecule has 1 atom stereocenters. The van der Waals surface area contributed by atoms with Gasteiger partial charge in [0.2, 0.25) is 5.91 Å². The molecule has 0 saturated heterocycles. The van der Waals surface area contributed by atoms with Crippen LogP contribution in [-0.4, -0.2) is 32.5 Å². The maximum atomic E-state index is 12.2. The average Bonchev–Trinajstić information content (AvgIpc) is 2.99. The first kappa shape index (κ1) is 21.3. The van der Waals surface area contributed by atoms with Crippen LogP contribution in [0.25, 0.3) is 0 Å². The second-order valence-corrected chi connectivity index (χ2v) is 7.84. The lowest BCUT2D eigenvalue weighted by molar-refractivity contribution is -0.124. The molecule has 1 aromatic heterocycles. The summed E-state index contributed by atoms with van der Waals surface area (Å²) in [4.78, 5) is 12.2. The first-order valence-corrected chi connectivity index (χ1v) is 9.24. The largest absolute Gasteiger partial charge is 0.348 e. The van der Waals surface area contributed by atoms with Gasteiger partial charge in [0.1, 0.15) is 4.21 Å². The highest BCUT2D eigenvalue weighted by Gasteiger charge is 2.30. The molecule has 1 aromatic rings. The summed E-state index contributed by atoms with van der Waals surface area (Å²) in [6, 6.07) is 2.29. The summed E-state index contributed by atoms with van der Waals surface area (Å²) in [6.45, 7) is 5.72. The normalized spacial score (nSPS) is 13.3. The van der Waals surface area contributed by atoms with Gasteiger partial charge in [0.15, 0.2) is 0 Å². The van der Waals surface area contributed by atoms with Crippen molar-refractivity contribution in [2.24, 2.45) is 5.73 Å². The van der Waals surface area contributed by atoms with E-state index in [9.17, 15) is 13.2 Å². The number of nitrogens with one attached hydrogen (secondary N) is 2. The lowest BCUT2D eigenvalue weighted by Crippen LogP contribution is -2.57. The number of halogens is 1. The van der Waals surface area contributed by atoms with Gasteiger partial charge in [0.05, 0.1) is 11.6 Å². The van der Waals surface area contributed by atoms with E-state index in [0.29, 0.717) is 19.4 Å². The molecule has 4 N–H and O–H groups in total. The number of amides is 1. The Morgan fingerprint density at radius 3 is 2.41 bits per heavy atom.